The van der Waals surface area contributed by atoms with Crippen LogP contribution in [0, 0.1) is 6.92 Å². The van der Waals surface area contributed by atoms with Crippen LogP contribution in [-0.2, 0) is 16.1 Å². The molecule has 0 saturated carbocycles. The van der Waals surface area contributed by atoms with Crippen molar-refractivity contribution < 1.29 is 14.6 Å². The summed E-state index contributed by atoms with van der Waals surface area (Å²) in [7, 11) is 1.63. The van der Waals surface area contributed by atoms with Crippen LogP contribution in [0.15, 0.2) is 35.9 Å². The summed E-state index contributed by atoms with van der Waals surface area (Å²) in [6.45, 7) is 11.0. The zero-order valence-electron chi connectivity index (χ0n) is 20.7. The van der Waals surface area contributed by atoms with Crippen molar-refractivity contribution in [1.29, 1.82) is 0 Å². The lowest BCUT2D eigenvalue weighted by atomic mass is 9.97. The van der Waals surface area contributed by atoms with Gasteiger partial charge in [-0.05, 0) is 44.7 Å². The number of anilines is 2. The lowest BCUT2D eigenvalue weighted by Crippen LogP contribution is -2.38. The Morgan fingerprint density at radius 1 is 1.40 bits per heavy atom. The number of methoxy groups -OCH3 is 1. The minimum atomic E-state index is -0.604. The number of aryl methyl sites for hydroxylation is 1. The molecule has 1 aliphatic heterocycles. The third-order valence-electron chi connectivity index (χ3n) is 5.56. The first-order chi connectivity index (χ1) is 16.8. The van der Waals surface area contributed by atoms with Crippen LogP contribution in [0.1, 0.15) is 55.5 Å². The summed E-state index contributed by atoms with van der Waals surface area (Å²) in [4.78, 5) is 26.7. The van der Waals surface area contributed by atoms with Crippen molar-refractivity contribution in [3.8, 4) is 10.6 Å². The summed E-state index contributed by atoms with van der Waals surface area (Å²) in [6.07, 6.45) is 5.18. The van der Waals surface area contributed by atoms with E-state index < -0.39 is 6.10 Å². The Labute approximate surface area is 214 Å². The molecule has 10 heteroatoms. The smallest absolute Gasteiger partial charge is 0.209 e. The van der Waals surface area contributed by atoms with Crippen molar-refractivity contribution in [2.45, 2.75) is 58.8 Å². The van der Waals surface area contributed by atoms with Gasteiger partial charge in [-0.15, -0.1) is 22.7 Å². The van der Waals surface area contributed by atoms with Crippen LogP contribution in [0.3, 0.4) is 0 Å². The van der Waals surface area contributed by atoms with Gasteiger partial charge in [0.15, 0.2) is 5.13 Å². The van der Waals surface area contributed by atoms with Gasteiger partial charge in [0.1, 0.15) is 16.9 Å². The quantitative estimate of drug-likeness (QED) is 0.302. The first-order valence-corrected chi connectivity index (χ1v) is 13.2. The highest BCUT2D eigenvalue weighted by molar-refractivity contribution is 7.17. The molecule has 4 heterocycles. The molecule has 1 amide bonds. The molecule has 0 aromatic carbocycles. The molecule has 188 valence electrons. The van der Waals surface area contributed by atoms with Gasteiger partial charge in [-0.25, -0.2) is 15.0 Å². The fourth-order valence-electron chi connectivity index (χ4n) is 3.61. The number of hydrogen-bond acceptors (Lipinski definition) is 9. The Hall–Kier alpha value is -2.66. The summed E-state index contributed by atoms with van der Waals surface area (Å²) in [5.74, 6) is 0.757. The number of aliphatic hydroxyl groups is 1. The molecular formula is C25H33N5O3S2. The normalized spacial score (nSPS) is 16.4. The molecule has 4 rings (SSSR count). The van der Waals surface area contributed by atoms with Gasteiger partial charge in [0.2, 0.25) is 6.41 Å². The Morgan fingerprint density at radius 2 is 2.20 bits per heavy atom. The van der Waals surface area contributed by atoms with Crippen LogP contribution in [0.25, 0.3) is 10.6 Å². The van der Waals surface area contributed by atoms with E-state index >= 15 is 0 Å². The fraction of sp³-hybridized carbons (Fsp3) is 0.440. The van der Waals surface area contributed by atoms with E-state index in [1.54, 1.807) is 14.0 Å². The third-order valence-corrected chi connectivity index (χ3v) is 7.61. The summed E-state index contributed by atoms with van der Waals surface area (Å²) < 4.78 is 5.21. The minimum Gasteiger partial charge on any atom is -0.386 e. The standard InChI is InChI=1S/C16H18N4O2S2.C9H15NO/c1-9-4-5-13(17-6-9)20-16-19-12(8-23-16)14-11(7-22-3)18-15(24-14)10(2)21;1-3-9-6-8(2)4-5-10(9)7-11/h4-6,8,10,21H,7H2,1-3H3,(H,17,19,20);7,9H,2-6H2,1H3/t;9-/m.0/s1. The predicted molar refractivity (Wildman–Crippen MR) is 142 cm³/mol. The van der Waals surface area contributed by atoms with Crippen molar-refractivity contribution in [1.82, 2.24) is 19.9 Å². The summed E-state index contributed by atoms with van der Waals surface area (Å²) in [6, 6.07) is 4.33. The van der Waals surface area contributed by atoms with Crippen molar-refractivity contribution in [2.24, 2.45) is 0 Å². The number of aromatic nitrogens is 3. The van der Waals surface area contributed by atoms with Gasteiger partial charge in [0.05, 0.1) is 22.9 Å². The molecule has 0 bridgehead atoms. The number of carbonyl (C=O) groups excluding carboxylic acids is 1. The second-order valence-electron chi connectivity index (χ2n) is 8.43. The Balaban J connectivity index is 0.000000261. The lowest BCUT2D eigenvalue weighted by Gasteiger charge is -2.33. The number of nitrogens with zero attached hydrogens (tertiary/aromatic N) is 4. The van der Waals surface area contributed by atoms with Gasteiger partial charge < -0.3 is 20.1 Å². The van der Waals surface area contributed by atoms with Gasteiger partial charge >= 0.3 is 0 Å². The Kier molecular flexibility index (Phi) is 9.91. The van der Waals surface area contributed by atoms with E-state index in [2.05, 4.69) is 33.8 Å². The second kappa shape index (κ2) is 12.9. The highest BCUT2D eigenvalue weighted by Gasteiger charge is 2.20. The summed E-state index contributed by atoms with van der Waals surface area (Å²) in [5, 5.41) is 16.4. The number of likely N-dealkylation sites (tertiary alicyclic amines) is 1. The summed E-state index contributed by atoms with van der Waals surface area (Å²) >= 11 is 2.94. The zero-order chi connectivity index (χ0) is 25.4. The SMILES string of the molecule is C=C1CCN(C=O)[C@@H](CC)C1.COCc1nc(C(C)O)sc1-c1csc(Nc2ccc(C)cn2)n1. The molecule has 0 radical (unpaired) electrons. The third kappa shape index (κ3) is 7.41. The molecule has 3 aromatic rings. The molecule has 0 aliphatic carbocycles. The first-order valence-electron chi connectivity index (χ1n) is 11.5. The number of carbonyl (C=O) groups is 1. The molecule has 35 heavy (non-hydrogen) atoms. The molecule has 1 unspecified atom stereocenters. The molecule has 1 aliphatic rings. The summed E-state index contributed by atoms with van der Waals surface area (Å²) in [5.41, 5.74) is 4.02. The van der Waals surface area contributed by atoms with E-state index in [-0.39, 0.29) is 0 Å². The molecular weight excluding hydrogens is 482 g/mol. The molecule has 1 saturated heterocycles. The van der Waals surface area contributed by atoms with Crippen molar-refractivity contribution in [3.05, 3.63) is 52.1 Å². The number of pyridine rings is 1. The Morgan fingerprint density at radius 3 is 2.83 bits per heavy atom. The average Bonchev–Trinajstić information content (AvgIpc) is 3.48. The van der Waals surface area contributed by atoms with E-state index in [1.807, 2.05) is 35.5 Å². The molecule has 1 fully saturated rings. The van der Waals surface area contributed by atoms with Gasteiger partial charge in [0, 0.05) is 31.3 Å². The largest absolute Gasteiger partial charge is 0.386 e. The molecule has 8 nitrogen and oxygen atoms in total. The van der Waals surface area contributed by atoms with Gasteiger partial charge in [-0.1, -0.05) is 25.1 Å². The molecule has 2 atom stereocenters. The topological polar surface area (TPSA) is 100 Å². The number of hydrogen-bond donors (Lipinski definition) is 2. The minimum absolute atomic E-state index is 0.387. The van der Waals surface area contributed by atoms with Crippen molar-refractivity contribution in [2.75, 3.05) is 19.0 Å². The van der Waals surface area contributed by atoms with Crippen LogP contribution in [0.5, 0.6) is 0 Å². The number of ether oxygens (including phenoxy) is 1. The number of thiazole rings is 2. The van der Waals surface area contributed by atoms with E-state index in [0.29, 0.717) is 17.7 Å². The maximum atomic E-state index is 10.5. The maximum Gasteiger partial charge on any atom is 0.209 e. The zero-order valence-corrected chi connectivity index (χ0v) is 22.3. The number of rotatable bonds is 8. The van der Waals surface area contributed by atoms with E-state index in [1.165, 1.54) is 28.2 Å². The van der Waals surface area contributed by atoms with E-state index in [4.69, 9.17) is 4.74 Å². The van der Waals surface area contributed by atoms with Crippen LogP contribution in [0.4, 0.5) is 10.9 Å². The fourth-order valence-corrected chi connectivity index (χ4v) is 5.36. The molecule has 2 N–H and O–H groups in total. The first kappa shape index (κ1) is 26.9. The number of piperidine rings is 1. The number of aliphatic hydroxyl groups excluding tert-OH is 1. The lowest BCUT2D eigenvalue weighted by molar-refractivity contribution is -0.120. The van der Waals surface area contributed by atoms with Gasteiger partial charge in [-0.3, -0.25) is 4.79 Å². The Bertz CT molecular complexity index is 1110. The van der Waals surface area contributed by atoms with E-state index in [0.717, 1.165) is 65.0 Å². The average molecular weight is 516 g/mol. The predicted octanol–water partition coefficient (Wildman–Crippen LogP) is 5.49. The highest BCUT2D eigenvalue weighted by Crippen LogP contribution is 2.35. The highest BCUT2D eigenvalue weighted by atomic mass is 32.1. The monoisotopic (exact) mass is 515 g/mol. The molecule has 3 aromatic heterocycles. The molecule has 0 spiro atoms. The number of nitrogens with one attached hydrogen (secondary N) is 1. The van der Waals surface area contributed by atoms with Crippen LogP contribution >= 0.6 is 22.7 Å². The maximum absolute atomic E-state index is 10.5. The van der Waals surface area contributed by atoms with Crippen molar-refractivity contribution >= 4 is 40.0 Å². The van der Waals surface area contributed by atoms with Gasteiger partial charge in [-0.2, -0.15) is 0 Å². The van der Waals surface area contributed by atoms with Crippen molar-refractivity contribution in [3.63, 3.8) is 0 Å². The van der Waals surface area contributed by atoms with E-state index in [9.17, 15) is 9.90 Å². The van der Waals surface area contributed by atoms with Gasteiger partial charge in [0.25, 0.3) is 0 Å². The van der Waals surface area contributed by atoms with Crippen LogP contribution < -0.4 is 5.32 Å². The number of amides is 1. The van der Waals surface area contributed by atoms with Crippen LogP contribution in [-0.4, -0.2) is 51.1 Å². The second-order valence-corrected chi connectivity index (χ2v) is 10.3. The van der Waals surface area contributed by atoms with Crippen LogP contribution in [0.2, 0.25) is 0 Å².